The van der Waals surface area contributed by atoms with Crippen molar-refractivity contribution in [2.45, 2.75) is 136 Å². The quantitative estimate of drug-likeness (QED) is 0.206. The minimum Gasteiger partial charge on any atom is -0.465 e. The van der Waals surface area contributed by atoms with Gasteiger partial charge in [0.15, 0.2) is 0 Å². The first kappa shape index (κ1) is 42.9. The third kappa shape index (κ3) is 10.4. The van der Waals surface area contributed by atoms with Crippen molar-refractivity contribution in [3.8, 4) is 0 Å². The molecule has 0 spiro atoms. The molecule has 0 bridgehead atoms. The molecule has 9 atom stereocenters. The predicted octanol–water partition coefficient (Wildman–Crippen LogP) is 4.95. The van der Waals surface area contributed by atoms with Crippen LogP contribution in [0.5, 0.6) is 0 Å². The van der Waals surface area contributed by atoms with Gasteiger partial charge < -0.3 is 34.8 Å². The number of likely N-dealkylation sites (tertiary alicyclic amines) is 1. The van der Waals surface area contributed by atoms with E-state index < -0.39 is 54.0 Å². The van der Waals surface area contributed by atoms with Crippen molar-refractivity contribution in [2.75, 3.05) is 27.8 Å². The van der Waals surface area contributed by atoms with E-state index in [1.54, 1.807) is 51.5 Å². The minimum atomic E-state index is -1.17. The Morgan fingerprint density at radius 3 is 2.10 bits per heavy atom. The van der Waals surface area contributed by atoms with Gasteiger partial charge in [-0.3, -0.25) is 19.3 Å². The average molecular weight is 705 g/mol. The number of nitrogens with zero attached hydrogens (tertiary/aromatic N) is 3. The Kier molecular flexibility index (Phi) is 16.2. The molecule has 0 aliphatic carbocycles. The summed E-state index contributed by atoms with van der Waals surface area (Å²) in [4.78, 5) is 58.8. The van der Waals surface area contributed by atoms with E-state index in [1.807, 2.05) is 58.0 Å². The van der Waals surface area contributed by atoms with E-state index in [2.05, 4.69) is 5.32 Å². The van der Waals surface area contributed by atoms with Crippen molar-refractivity contribution >= 4 is 23.8 Å². The topological polar surface area (TPSA) is 149 Å². The number of hydrogen-bond acceptors (Lipinski definition) is 7. The van der Waals surface area contributed by atoms with Gasteiger partial charge in [-0.05, 0) is 57.9 Å². The van der Waals surface area contributed by atoms with Crippen LogP contribution in [0.15, 0.2) is 30.3 Å². The number of hydrogen-bond donors (Lipinski definition) is 3. The summed E-state index contributed by atoms with van der Waals surface area (Å²) in [5.41, 5.74) is -0.122. The molecule has 284 valence electrons. The molecule has 1 heterocycles. The molecule has 50 heavy (non-hydrogen) atoms. The molecule has 1 fully saturated rings. The van der Waals surface area contributed by atoms with Crippen LogP contribution in [0, 0.1) is 17.8 Å². The molecular weight excluding hydrogens is 640 g/mol. The van der Waals surface area contributed by atoms with Gasteiger partial charge in [0.1, 0.15) is 6.04 Å². The highest BCUT2D eigenvalue weighted by atomic mass is 16.5. The highest BCUT2D eigenvalue weighted by Crippen LogP contribution is 2.31. The molecule has 1 aromatic rings. The van der Waals surface area contributed by atoms with Crippen molar-refractivity contribution in [1.29, 1.82) is 0 Å². The molecule has 0 saturated carbocycles. The van der Waals surface area contributed by atoms with Gasteiger partial charge in [-0.1, -0.05) is 71.4 Å². The predicted molar refractivity (Wildman–Crippen MR) is 193 cm³/mol. The zero-order valence-corrected chi connectivity index (χ0v) is 32.4. The Morgan fingerprint density at radius 1 is 1.02 bits per heavy atom. The van der Waals surface area contributed by atoms with E-state index in [4.69, 9.17) is 9.47 Å². The lowest BCUT2D eigenvalue weighted by Gasteiger charge is -2.45. The fourth-order valence-corrected chi connectivity index (χ4v) is 7.41. The first-order valence-corrected chi connectivity index (χ1v) is 18.0. The van der Waals surface area contributed by atoms with Crippen molar-refractivity contribution in [2.24, 2.45) is 17.8 Å². The molecule has 1 aliphatic rings. The van der Waals surface area contributed by atoms with Crippen molar-refractivity contribution in [3.05, 3.63) is 35.9 Å². The van der Waals surface area contributed by atoms with E-state index in [9.17, 15) is 29.4 Å². The Balaban J connectivity index is 2.29. The maximum absolute atomic E-state index is 14.2. The number of likely N-dealkylation sites (N-methyl/N-ethyl adjacent to an activating group) is 1. The number of nitrogens with one attached hydrogen (secondary N) is 1. The van der Waals surface area contributed by atoms with Crippen molar-refractivity contribution in [1.82, 2.24) is 20.0 Å². The molecule has 1 saturated heterocycles. The SMILES string of the molecule is CC[C@H](C)[C@@H]([C@@H](CC(=O)N1CCC[C@H]1[C@H](OC)[C@@H](C)C(=O)N[C@H](C)[C@@H](O)c1ccccc1)OC)N(C)C(=O)[C@H](C(C)C)N(C(=O)O)C(C)(C)C. The van der Waals surface area contributed by atoms with E-state index in [1.165, 1.54) is 19.1 Å². The smallest absolute Gasteiger partial charge is 0.408 e. The molecule has 1 aliphatic heterocycles. The molecule has 0 unspecified atom stereocenters. The summed E-state index contributed by atoms with van der Waals surface area (Å²) in [6.45, 7) is 17.0. The zero-order valence-electron chi connectivity index (χ0n) is 32.4. The lowest BCUT2D eigenvalue weighted by Crippen LogP contribution is -2.62. The summed E-state index contributed by atoms with van der Waals surface area (Å²) in [7, 11) is 4.74. The van der Waals surface area contributed by atoms with E-state index in [0.29, 0.717) is 24.9 Å². The zero-order chi connectivity index (χ0) is 38.1. The number of carbonyl (C=O) groups is 4. The van der Waals surface area contributed by atoms with Crippen LogP contribution in [0.2, 0.25) is 0 Å². The number of carbonyl (C=O) groups excluding carboxylic acids is 3. The second kappa shape index (κ2) is 18.9. The number of aliphatic hydroxyl groups excluding tert-OH is 1. The number of ether oxygens (including phenoxy) is 2. The number of rotatable bonds is 17. The first-order chi connectivity index (χ1) is 23.3. The fourth-order valence-electron chi connectivity index (χ4n) is 7.41. The highest BCUT2D eigenvalue weighted by Gasteiger charge is 2.45. The van der Waals surface area contributed by atoms with Gasteiger partial charge in [0.05, 0.1) is 48.8 Å². The molecule has 12 heteroatoms. The standard InChI is InChI=1S/C38H64N4O8/c1-13-24(4)32(40(10)36(46)31(23(2)3)42(37(47)48)38(7,8)9)29(49-11)22-30(43)41-21-17-20-28(41)34(50-12)25(5)35(45)39-26(6)33(44)27-18-15-14-16-19-27/h14-16,18-19,23-26,28-29,31-34,44H,13,17,20-22H2,1-12H3,(H,39,45)(H,47,48)/t24-,25+,26+,28-,29+,31-,32-,33+,34+/m0/s1. The van der Waals surface area contributed by atoms with Crippen molar-refractivity contribution in [3.63, 3.8) is 0 Å². The van der Waals surface area contributed by atoms with Crippen LogP contribution >= 0.6 is 0 Å². The third-order valence-corrected chi connectivity index (χ3v) is 10.3. The van der Waals surface area contributed by atoms with Crippen LogP contribution < -0.4 is 5.32 Å². The van der Waals surface area contributed by atoms with Crippen molar-refractivity contribution < 1.29 is 38.9 Å². The van der Waals surface area contributed by atoms with Crippen LogP contribution in [0.1, 0.15) is 99.7 Å². The summed E-state index contributed by atoms with van der Waals surface area (Å²) in [5, 5.41) is 23.9. The Labute approximate surface area is 299 Å². The number of carboxylic acid groups (broad SMARTS) is 1. The molecular formula is C38H64N4O8. The summed E-state index contributed by atoms with van der Waals surface area (Å²) in [5.74, 6) is -1.79. The molecule has 12 nitrogen and oxygen atoms in total. The second-order valence-electron chi connectivity index (χ2n) is 15.3. The Bertz CT molecular complexity index is 1250. The third-order valence-electron chi connectivity index (χ3n) is 10.3. The number of amides is 4. The lowest BCUT2D eigenvalue weighted by molar-refractivity contribution is -0.149. The molecule has 4 amide bonds. The average Bonchev–Trinajstić information content (AvgIpc) is 3.55. The Morgan fingerprint density at radius 2 is 1.62 bits per heavy atom. The minimum absolute atomic E-state index is 0.00873. The van der Waals surface area contributed by atoms with Crippen LogP contribution in [0.25, 0.3) is 0 Å². The summed E-state index contributed by atoms with van der Waals surface area (Å²) in [6, 6.07) is 6.79. The normalized spacial score (nSPS) is 19.9. The van der Waals surface area contributed by atoms with Gasteiger partial charge in [0.2, 0.25) is 17.7 Å². The van der Waals surface area contributed by atoms with Crippen LogP contribution in [-0.2, 0) is 23.9 Å². The molecule has 0 aromatic heterocycles. The van der Waals surface area contributed by atoms with E-state index >= 15 is 0 Å². The number of aliphatic hydroxyl groups is 1. The largest absolute Gasteiger partial charge is 0.465 e. The van der Waals surface area contributed by atoms with Crippen LogP contribution in [-0.4, -0.2) is 118 Å². The van der Waals surface area contributed by atoms with Gasteiger partial charge in [0, 0.05) is 33.4 Å². The summed E-state index contributed by atoms with van der Waals surface area (Å²) >= 11 is 0. The van der Waals surface area contributed by atoms with Gasteiger partial charge in [0.25, 0.3) is 0 Å². The monoisotopic (exact) mass is 704 g/mol. The maximum Gasteiger partial charge on any atom is 0.408 e. The van der Waals surface area contributed by atoms with Gasteiger partial charge >= 0.3 is 6.09 Å². The first-order valence-electron chi connectivity index (χ1n) is 18.0. The van der Waals surface area contributed by atoms with Crippen LogP contribution in [0.3, 0.4) is 0 Å². The molecule has 3 N–H and O–H groups in total. The van der Waals surface area contributed by atoms with Gasteiger partial charge in [-0.15, -0.1) is 0 Å². The second-order valence-corrected chi connectivity index (χ2v) is 15.3. The fraction of sp³-hybridized carbons (Fsp3) is 0.737. The van der Waals surface area contributed by atoms with Gasteiger partial charge in [-0.25, -0.2) is 4.79 Å². The lowest BCUT2D eigenvalue weighted by atomic mass is 9.88. The molecule has 2 rings (SSSR count). The number of methoxy groups -OCH3 is 2. The number of benzene rings is 1. The summed E-state index contributed by atoms with van der Waals surface area (Å²) in [6.07, 6.45) is -1.23. The van der Waals surface area contributed by atoms with Crippen LogP contribution in [0.4, 0.5) is 4.79 Å². The molecule has 0 radical (unpaired) electrons. The van der Waals surface area contributed by atoms with E-state index in [0.717, 1.165) is 6.42 Å². The molecule has 1 aromatic carbocycles. The Hall–Kier alpha value is -3.22. The maximum atomic E-state index is 14.2. The highest BCUT2D eigenvalue weighted by molar-refractivity contribution is 5.86. The van der Waals surface area contributed by atoms with E-state index in [-0.39, 0.29) is 42.0 Å². The van der Waals surface area contributed by atoms with Gasteiger partial charge in [-0.2, -0.15) is 0 Å². The summed E-state index contributed by atoms with van der Waals surface area (Å²) < 4.78 is 11.9.